The van der Waals surface area contributed by atoms with Crippen LogP contribution in [0, 0.1) is 0 Å². The monoisotopic (exact) mass is 181 g/mol. The number of hydrogen-bond acceptors (Lipinski definition) is 0. The molecule has 0 aliphatic rings. The molecule has 0 atom stereocenters. The summed E-state index contributed by atoms with van der Waals surface area (Å²) in [5, 5.41) is 0. The van der Waals surface area contributed by atoms with Gasteiger partial charge in [0.1, 0.15) is 7.28 Å². The number of rotatable bonds is 1. The lowest BCUT2D eigenvalue weighted by molar-refractivity contribution is 1.70. The summed E-state index contributed by atoms with van der Waals surface area (Å²) in [6, 6.07) is 8.21. The van der Waals surface area contributed by atoms with Crippen LogP contribution in [0.25, 0.3) is 0 Å². The van der Waals surface area contributed by atoms with Crippen molar-refractivity contribution in [3.8, 4) is 0 Å². The number of benzene rings is 1. The molecular weight excluding hydrogens is 175 g/mol. The molecule has 2 heteroatoms. The van der Waals surface area contributed by atoms with Gasteiger partial charge in [0.15, 0.2) is 0 Å². The molecule has 0 nitrogen and oxygen atoms in total. The zero-order valence-corrected chi connectivity index (χ0v) is 6.85. The first-order chi connectivity index (χ1) is 4.33. The molecule has 0 saturated carbocycles. The van der Waals surface area contributed by atoms with E-state index < -0.39 is 0 Å². The van der Waals surface area contributed by atoms with Crippen LogP contribution in [0.1, 0.15) is 0 Å². The Morgan fingerprint density at radius 3 is 2.67 bits per heavy atom. The fraction of sp³-hybridized carbons (Fsp3) is 0.143. The molecule has 1 aromatic carbocycles. The Bertz CT molecular complexity index is 198. The van der Waals surface area contributed by atoms with E-state index in [1.165, 1.54) is 5.46 Å². The van der Waals surface area contributed by atoms with Crippen LogP contribution in [0.15, 0.2) is 28.7 Å². The Labute approximate surface area is 64.7 Å². The molecule has 0 heterocycles. The third-order valence-electron chi connectivity index (χ3n) is 1.18. The highest BCUT2D eigenvalue weighted by molar-refractivity contribution is 9.10. The highest BCUT2D eigenvalue weighted by Crippen LogP contribution is 2.04. The molecule has 1 radical (unpaired) electrons. The maximum Gasteiger partial charge on any atom is 0.148 e. The smallest absolute Gasteiger partial charge is 0.0872 e. The highest BCUT2D eigenvalue weighted by Gasteiger charge is 1.88. The van der Waals surface area contributed by atoms with E-state index in [1.807, 2.05) is 19.0 Å². The summed E-state index contributed by atoms with van der Waals surface area (Å²) in [5.41, 5.74) is 1.25. The van der Waals surface area contributed by atoms with Crippen molar-refractivity contribution in [2.75, 3.05) is 0 Å². The van der Waals surface area contributed by atoms with Crippen molar-refractivity contribution >= 4 is 28.7 Å². The molecule has 0 bridgehead atoms. The van der Waals surface area contributed by atoms with Gasteiger partial charge in [0, 0.05) is 4.47 Å². The molecule has 0 N–H and O–H groups in total. The minimum absolute atomic E-state index is 1.14. The second-order valence-corrected chi connectivity index (χ2v) is 2.76. The van der Waals surface area contributed by atoms with Gasteiger partial charge < -0.3 is 0 Å². The maximum atomic E-state index is 3.38. The molecule has 1 rings (SSSR count). The first-order valence-electron chi connectivity index (χ1n) is 2.88. The Morgan fingerprint density at radius 2 is 2.22 bits per heavy atom. The van der Waals surface area contributed by atoms with Crippen molar-refractivity contribution in [3.63, 3.8) is 0 Å². The first kappa shape index (κ1) is 6.88. The van der Waals surface area contributed by atoms with Gasteiger partial charge in [0.05, 0.1) is 0 Å². The van der Waals surface area contributed by atoms with E-state index in [4.69, 9.17) is 0 Å². The fourth-order valence-electron chi connectivity index (χ4n) is 0.686. The van der Waals surface area contributed by atoms with Crippen molar-refractivity contribution in [2.24, 2.45) is 0 Å². The average Bonchev–Trinajstić information content (AvgIpc) is 1.88. The highest BCUT2D eigenvalue weighted by atomic mass is 79.9. The maximum absolute atomic E-state index is 3.38. The Hall–Kier alpha value is -0.235. The molecule has 0 fully saturated rings. The second kappa shape index (κ2) is 3.07. The fourth-order valence-corrected chi connectivity index (χ4v) is 1.10. The van der Waals surface area contributed by atoms with Gasteiger partial charge in [0.2, 0.25) is 0 Å². The summed E-state index contributed by atoms with van der Waals surface area (Å²) >= 11 is 3.38. The van der Waals surface area contributed by atoms with Gasteiger partial charge in [0.25, 0.3) is 0 Å². The molecule has 0 aliphatic heterocycles. The van der Waals surface area contributed by atoms with E-state index in [2.05, 4.69) is 35.3 Å². The molecule has 0 unspecified atom stereocenters. The lowest BCUT2D eigenvalue weighted by Gasteiger charge is -1.93. The summed E-state index contributed by atoms with van der Waals surface area (Å²) in [5.74, 6) is 0. The third kappa shape index (κ3) is 1.86. The van der Waals surface area contributed by atoms with Crippen molar-refractivity contribution in [1.82, 2.24) is 0 Å². The largest absolute Gasteiger partial charge is 0.148 e. The molecule has 0 aliphatic carbocycles. The third-order valence-corrected chi connectivity index (χ3v) is 1.68. The van der Waals surface area contributed by atoms with Gasteiger partial charge in [-0.1, -0.05) is 46.4 Å². The van der Waals surface area contributed by atoms with Crippen LogP contribution in [-0.4, -0.2) is 7.28 Å². The van der Waals surface area contributed by atoms with Crippen molar-refractivity contribution in [3.05, 3.63) is 28.7 Å². The van der Waals surface area contributed by atoms with Crippen LogP contribution in [0.2, 0.25) is 6.82 Å². The molecule has 1 aromatic rings. The average molecular weight is 182 g/mol. The summed E-state index contributed by atoms with van der Waals surface area (Å²) in [6.07, 6.45) is 0. The molecule has 0 aromatic heterocycles. The Kier molecular flexibility index (Phi) is 2.34. The molecule has 45 valence electrons. The van der Waals surface area contributed by atoms with E-state index in [-0.39, 0.29) is 0 Å². The van der Waals surface area contributed by atoms with Gasteiger partial charge >= 0.3 is 0 Å². The summed E-state index contributed by atoms with van der Waals surface area (Å²) in [4.78, 5) is 0. The van der Waals surface area contributed by atoms with Crippen LogP contribution in [0.5, 0.6) is 0 Å². The SMILES string of the molecule is C[B]c1cccc(Br)c1. The van der Waals surface area contributed by atoms with Crippen LogP contribution in [0.4, 0.5) is 0 Å². The van der Waals surface area contributed by atoms with E-state index in [0.29, 0.717) is 0 Å². The summed E-state index contributed by atoms with van der Waals surface area (Å²) in [7, 11) is 2.07. The van der Waals surface area contributed by atoms with E-state index in [0.717, 1.165) is 4.47 Å². The quantitative estimate of drug-likeness (QED) is 0.581. The van der Waals surface area contributed by atoms with Gasteiger partial charge in [-0.05, 0) is 6.07 Å². The normalized spacial score (nSPS) is 9.11. The molecule has 9 heavy (non-hydrogen) atoms. The minimum atomic E-state index is 1.14. The van der Waals surface area contributed by atoms with Gasteiger partial charge in [-0.3, -0.25) is 0 Å². The minimum Gasteiger partial charge on any atom is -0.0872 e. The molecule has 0 spiro atoms. The van der Waals surface area contributed by atoms with E-state index >= 15 is 0 Å². The Balaban J connectivity index is 2.94. The molecular formula is C7H7BBr. The van der Waals surface area contributed by atoms with Crippen LogP contribution in [0.3, 0.4) is 0 Å². The number of hydrogen-bond donors (Lipinski definition) is 0. The van der Waals surface area contributed by atoms with Gasteiger partial charge in [-0.15, -0.1) is 0 Å². The van der Waals surface area contributed by atoms with E-state index in [1.54, 1.807) is 0 Å². The van der Waals surface area contributed by atoms with Gasteiger partial charge in [-0.25, -0.2) is 0 Å². The lowest BCUT2D eigenvalue weighted by Crippen LogP contribution is -2.08. The topological polar surface area (TPSA) is 0 Å². The van der Waals surface area contributed by atoms with Crippen molar-refractivity contribution < 1.29 is 0 Å². The van der Waals surface area contributed by atoms with Crippen LogP contribution in [-0.2, 0) is 0 Å². The second-order valence-electron chi connectivity index (χ2n) is 1.84. The predicted molar refractivity (Wildman–Crippen MR) is 45.4 cm³/mol. The Morgan fingerprint density at radius 1 is 1.44 bits per heavy atom. The zero-order chi connectivity index (χ0) is 6.69. The lowest BCUT2D eigenvalue weighted by atomic mass is 9.74. The summed E-state index contributed by atoms with van der Waals surface area (Å²) < 4.78 is 1.14. The molecule has 0 saturated heterocycles. The molecule has 0 amide bonds. The summed E-state index contributed by atoms with van der Waals surface area (Å²) in [6.45, 7) is 2.03. The number of halogens is 1. The van der Waals surface area contributed by atoms with Gasteiger partial charge in [-0.2, -0.15) is 0 Å². The van der Waals surface area contributed by atoms with Crippen LogP contribution < -0.4 is 5.46 Å². The first-order valence-corrected chi connectivity index (χ1v) is 3.67. The van der Waals surface area contributed by atoms with Crippen molar-refractivity contribution in [1.29, 1.82) is 0 Å². The predicted octanol–water partition coefficient (Wildman–Crippen LogP) is 1.83. The van der Waals surface area contributed by atoms with Crippen LogP contribution >= 0.6 is 15.9 Å². The zero-order valence-electron chi connectivity index (χ0n) is 5.26. The van der Waals surface area contributed by atoms with E-state index in [9.17, 15) is 0 Å². The standard InChI is InChI=1S/C7H7BBr/c1-8-6-3-2-4-7(9)5-6/h2-5H,1H3. The van der Waals surface area contributed by atoms with Crippen molar-refractivity contribution in [2.45, 2.75) is 6.82 Å².